The Labute approximate surface area is 107 Å². The third-order valence-corrected chi connectivity index (χ3v) is 2.71. The molecule has 4 heteroatoms. The molecule has 0 radical (unpaired) electrons. The first-order valence-electron chi connectivity index (χ1n) is 6.06. The van der Waals surface area contributed by atoms with E-state index in [1.807, 2.05) is 26.0 Å². The van der Waals surface area contributed by atoms with Gasteiger partial charge in [-0.15, -0.1) is 0 Å². The molecule has 1 rings (SSSR count). The molecule has 0 saturated carbocycles. The van der Waals surface area contributed by atoms with Crippen LogP contribution >= 0.6 is 0 Å². The van der Waals surface area contributed by atoms with Crippen molar-refractivity contribution in [1.82, 2.24) is 0 Å². The average Bonchev–Trinajstić information content (AvgIpc) is 2.31. The molecule has 4 nitrogen and oxygen atoms in total. The summed E-state index contributed by atoms with van der Waals surface area (Å²) in [5.41, 5.74) is 2.28. The summed E-state index contributed by atoms with van der Waals surface area (Å²) in [7, 11) is 0. The summed E-state index contributed by atoms with van der Waals surface area (Å²) in [5.74, 6) is -0.827. The highest BCUT2D eigenvalue weighted by Crippen LogP contribution is 2.19. The number of anilines is 1. The van der Waals surface area contributed by atoms with E-state index in [0.29, 0.717) is 11.3 Å². The third-order valence-electron chi connectivity index (χ3n) is 2.71. The molecule has 0 aliphatic heterocycles. The van der Waals surface area contributed by atoms with E-state index in [9.17, 15) is 4.79 Å². The minimum atomic E-state index is -0.827. The first-order valence-corrected chi connectivity index (χ1v) is 6.06. The Morgan fingerprint density at radius 1 is 1.56 bits per heavy atom. The van der Waals surface area contributed by atoms with Crippen LogP contribution < -0.4 is 5.32 Å². The fraction of sp³-hybridized carbons (Fsp3) is 0.429. The van der Waals surface area contributed by atoms with Gasteiger partial charge in [0.2, 0.25) is 0 Å². The lowest BCUT2D eigenvalue weighted by Crippen LogP contribution is -2.23. The normalized spacial score (nSPS) is 11.6. The number of carbonyl (C=O) groups is 1. The Morgan fingerprint density at radius 2 is 2.28 bits per heavy atom. The monoisotopic (exact) mass is 246 g/mol. The highest BCUT2D eigenvalue weighted by molar-refractivity contribution is 5.69. The SMILES string of the molecule is CCCC(CC(=O)O)Nc1ccc(C)cc1C#N. The number of carboxylic acid groups (broad SMARTS) is 1. The smallest absolute Gasteiger partial charge is 0.305 e. The van der Waals surface area contributed by atoms with E-state index in [4.69, 9.17) is 10.4 Å². The van der Waals surface area contributed by atoms with Gasteiger partial charge in [-0.1, -0.05) is 19.4 Å². The van der Waals surface area contributed by atoms with Crippen molar-refractivity contribution in [3.05, 3.63) is 29.3 Å². The van der Waals surface area contributed by atoms with Gasteiger partial charge in [-0.25, -0.2) is 0 Å². The van der Waals surface area contributed by atoms with Gasteiger partial charge < -0.3 is 10.4 Å². The van der Waals surface area contributed by atoms with E-state index in [-0.39, 0.29) is 12.5 Å². The van der Waals surface area contributed by atoms with E-state index in [1.54, 1.807) is 6.07 Å². The summed E-state index contributed by atoms with van der Waals surface area (Å²) in [6.07, 6.45) is 1.73. The number of carboxylic acids is 1. The van der Waals surface area contributed by atoms with Crippen molar-refractivity contribution >= 4 is 11.7 Å². The molecule has 18 heavy (non-hydrogen) atoms. The summed E-state index contributed by atoms with van der Waals surface area (Å²) in [5, 5.41) is 21.1. The minimum absolute atomic E-state index is 0.0621. The van der Waals surface area contributed by atoms with Gasteiger partial charge in [0.15, 0.2) is 0 Å². The van der Waals surface area contributed by atoms with Gasteiger partial charge in [-0.05, 0) is 31.0 Å². The second kappa shape index (κ2) is 6.65. The second-order valence-corrected chi connectivity index (χ2v) is 4.39. The maximum atomic E-state index is 10.8. The molecule has 0 aliphatic carbocycles. The Morgan fingerprint density at radius 3 is 2.83 bits per heavy atom. The minimum Gasteiger partial charge on any atom is -0.481 e. The van der Waals surface area contributed by atoms with Gasteiger partial charge in [-0.3, -0.25) is 4.79 Å². The van der Waals surface area contributed by atoms with Crippen LogP contribution in [-0.2, 0) is 4.79 Å². The molecular weight excluding hydrogens is 228 g/mol. The van der Waals surface area contributed by atoms with Gasteiger partial charge in [0.25, 0.3) is 0 Å². The lowest BCUT2D eigenvalue weighted by Gasteiger charge is -2.18. The predicted octanol–water partition coefficient (Wildman–Crippen LogP) is 2.92. The molecule has 96 valence electrons. The van der Waals surface area contributed by atoms with Crippen molar-refractivity contribution in [1.29, 1.82) is 5.26 Å². The molecule has 1 aromatic carbocycles. The molecule has 0 amide bonds. The van der Waals surface area contributed by atoms with Crippen LogP contribution in [-0.4, -0.2) is 17.1 Å². The zero-order chi connectivity index (χ0) is 13.5. The van der Waals surface area contributed by atoms with Crippen molar-refractivity contribution in [2.75, 3.05) is 5.32 Å². The third kappa shape index (κ3) is 4.10. The summed E-state index contributed by atoms with van der Waals surface area (Å²) in [6, 6.07) is 7.53. The number of hydrogen-bond acceptors (Lipinski definition) is 3. The topological polar surface area (TPSA) is 73.1 Å². The molecule has 0 spiro atoms. The molecule has 1 unspecified atom stereocenters. The number of nitriles is 1. The van der Waals surface area contributed by atoms with Gasteiger partial charge >= 0.3 is 5.97 Å². The molecule has 0 saturated heterocycles. The summed E-state index contributed by atoms with van der Waals surface area (Å²) >= 11 is 0. The van der Waals surface area contributed by atoms with Gasteiger partial charge in [-0.2, -0.15) is 5.26 Å². The van der Waals surface area contributed by atoms with Gasteiger partial charge in [0.1, 0.15) is 6.07 Å². The average molecular weight is 246 g/mol. The quantitative estimate of drug-likeness (QED) is 0.809. The fourth-order valence-electron chi connectivity index (χ4n) is 1.88. The zero-order valence-electron chi connectivity index (χ0n) is 10.7. The van der Waals surface area contributed by atoms with Crippen molar-refractivity contribution in [3.8, 4) is 6.07 Å². The Balaban J connectivity index is 2.86. The maximum absolute atomic E-state index is 10.8. The van der Waals surface area contributed by atoms with E-state index in [0.717, 1.165) is 18.4 Å². The Hall–Kier alpha value is -2.02. The zero-order valence-corrected chi connectivity index (χ0v) is 10.7. The number of rotatable bonds is 6. The molecule has 0 aliphatic rings. The van der Waals surface area contributed by atoms with Crippen LogP contribution in [0, 0.1) is 18.3 Å². The van der Waals surface area contributed by atoms with E-state index in [1.165, 1.54) is 0 Å². The van der Waals surface area contributed by atoms with Crippen LogP contribution in [0.5, 0.6) is 0 Å². The van der Waals surface area contributed by atoms with Crippen LogP contribution in [0.2, 0.25) is 0 Å². The van der Waals surface area contributed by atoms with E-state index >= 15 is 0 Å². The molecule has 1 atom stereocenters. The number of aliphatic carboxylic acids is 1. The van der Waals surface area contributed by atoms with E-state index < -0.39 is 5.97 Å². The van der Waals surface area contributed by atoms with Crippen molar-refractivity contribution in [3.63, 3.8) is 0 Å². The molecule has 1 aromatic rings. The first kappa shape index (κ1) is 14.0. The molecule has 0 fully saturated rings. The van der Waals surface area contributed by atoms with Crippen LogP contribution in [0.15, 0.2) is 18.2 Å². The predicted molar refractivity (Wildman–Crippen MR) is 70.5 cm³/mol. The lowest BCUT2D eigenvalue weighted by molar-refractivity contribution is -0.137. The number of benzene rings is 1. The second-order valence-electron chi connectivity index (χ2n) is 4.39. The van der Waals surface area contributed by atoms with Crippen molar-refractivity contribution in [2.24, 2.45) is 0 Å². The number of nitrogens with zero attached hydrogens (tertiary/aromatic N) is 1. The Kier molecular flexibility index (Phi) is 5.19. The number of hydrogen-bond donors (Lipinski definition) is 2. The van der Waals surface area contributed by atoms with Gasteiger partial charge in [0.05, 0.1) is 17.7 Å². The van der Waals surface area contributed by atoms with Crippen LogP contribution in [0.3, 0.4) is 0 Å². The molecule has 0 heterocycles. The van der Waals surface area contributed by atoms with E-state index in [2.05, 4.69) is 11.4 Å². The van der Waals surface area contributed by atoms with Crippen LogP contribution in [0.4, 0.5) is 5.69 Å². The first-order chi connectivity index (χ1) is 8.56. The molecular formula is C14H18N2O2. The van der Waals surface area contributed by atoms with Gasteiger partial charge in [0, 0.05) is 6.04 Å². The van der Waals surface area contributed by atoms with Crippen molar-refractivity contribution < 1.29 is 9.90 Å². The number of aryl methyl sites for hydroxylation is 1. The summed E-state index contributed by atoms with van der Waals surface area (Å²) in [4.78, 5) is 10.8. The lowest BCUT2D eigenvalue weighted by atomic mass is 10.1. The molecule has 0 aromatic heterocycles. The highest BCUT2D eigenvalue weighted by Gasteiger charge is 2.13. The molecule has 0 bridgehead atoms. The summed E-state index contributed by atoms with van der Waals surface area (Å²) in [6.45, 7) is 3.93. The summed E-state index contributed by atoms with van der Waals surface area (Å²) < 4.78 is 0. The fourth-order valence-corrected chi connectivity index (χ4v) is 1.88. The molecule has 2 N–H and O–H groups in total. The number of nitrogens with one attached hydrogen (secondary N) is 1. The standard InChI is InChI=1S/C14H18N2O2/c1-3-4-12(8-14(17)18)16-13-6-5-10(2)7-11(13)9-15/h5-7,12,16H,3-4,8H2,1-2H3,(H,17,18). The maximum Gasteiger partial charge on any atom is 0.305 e. The highest BCUT2D eigenvalue weighted by atomic mass is 16.4. The van der Waals surface area contributed by atoms with Crippen LogP contribution in [0.25, 0.3) is 0 Å². The Bertz CT molecular complexity index is 463. The van der Waals surface area contributed by atoms with Crippen LogP contribution in [0.1, 0.15) is 37.3 Å². The largest absolute Gasteiger partial charge is 0.481 e. The van der Waals surface area contributed by atoms with Crippen molar-refractivity contribution in [2.45, 2.75) is 39.2 Å².